The van der Waals surface area contributed by atoms with Gasteiger partial charge < -0.3 is 10.6 Å². The molecule has 1 aliphatic heterocycles. The molecule has 1 aromatic rings. The summed E-state index contributed by atoms with van der Waals surface area (Å²) < 4.78 is 0. The standard InChI is InChI=1S/C12H18N2/c1-2-14-9-10(8-13)7-11-5-3-4-6-12(11)14/h3-6,10H,2,7-9,13H2,1H3/t10-/m0/s1. The maximum absolute atomic E-state index is 5.75. The van der Waals surface area contributed by atoms with E-state index in [4.69, 9.17) is 5.73 Å². The molecule has 0 bridgehead atoms. The molecule has 0 fully saturated rings. The van der Waals surface area contributed by atoms with Crippen LogP contribution in [0, 0.1) is 5.92 Å². The van der Waals surface area contributed by atoms with E-state index < -0.39 is 0 Å². The maximum Gasteiger partial charge on any atom is 0.0398 e. The summed E-state index contributed by atoms with van der Waals surface area (Å²) in [5, 5.41) is 0. The molecule has 2 nitrogen and oxygen atoms in total. The Balaban J connectivity index is 2.31. The van der Waals surface area contributed by atoms with Crippen LogP contribution in [0.5, 0.6) is 0 Å². The zero-order chi connectivity index (χ0) is 9.97. The van der Waals surface area contributed by atoms with E-state index in [-0.39, 0.29) is 0 Å². The van der Waals surface area contributed by atoms with Gasteiger partial charge in [0.25, 0.3) is 0 Å². The molecule has 0 spiro atoms. The fraction of sp³-hybridized carbons (Fsp3) is 0.500. The Morgan fingerprint density at radius 3 is 2.93 bits per heavy atom. The summed E-state index contributed by atoms with van der Waals surface area (Å²) in [6.07, 6.45) is 1.14. The molecule has 0 aromatic heterocycles. The number of hydrogen-bond acceptors (Lipinski definition) is 2. The number of nitrogens with zero attached hydrogens (tertiary/aromatic N) is 1. The first kappa shape index (κ1) is 9.53. The van der Waals surface area contributed by atoms with Gasteiger partial charge in [-0.1, -0.05) is 18.2 Å². The minimum absolute atomic E-state index is 0.629. The van der Waals surface area contributed by atoms with Gasteiger partial charge in [0.2, 0.25) is 0 Å². The second kappa shape index (κ2) is 4.01. The highest BCUT2D eigenvalue weighted by Gasteiger charge is 2.21. The Bertz CT molecular complexity index is 309. The fourth-order valence-electron chi connectivity index (χ4n) is 2.23. The normalized spacial score (nSPS) is 20.7. The van der Waals surface area contributed by atoms with Crippen LogP contribution in [0.1, 0.15) is 12.5 Å². The third-order valence-corrected chi connectivity index (χ3v) is 3.03. The summed E-state index contributed by atoms with van der Waals surface area (Å²) in [5.41, 5.74) is 8.61. The van der Waals surface area contributed by atoms with E-state index >= 15 is 0 Å². The van der Waals surface area contributed by atoms with Gasteiger partial charge in [-0.15, -0.1) is 0 Å². The van der Waals surface area contributed by atoms with Gasteiger partial charge in [-0.05, 0) is 37.4 Å². The quantitative estimate of drug-likeness (QED) is 0.768. The molecule has 1 aliphatic rings. The fourth-order valence-corrected chi connectivity index (χ4v) is 2.23. The lowest BCUT2D eigenvalue weighted by Crippen LogP contribution is -2.38. The van der Waals surface area contributed by atoms with Crippen molar-refractivity contribution in [2.45, 2.75) is 13.3 Å². The van der Waals surface area contributed by atoms with E-state index in [1.54, 1.807) is 0 Å². The number of rotatable bonds is 2. The van der Waals surface area contributed by atoms with Gasteiger partial charge in [0.15, 0.2) is 0 Å². The smallest absolute Gasteiger partial charge is 0.0398 e. The van der Waals surface area contributed by atoms with Crippen molar-refractivity contribution >= 4 is 5.69 Å². The van der Waals surface area contributed by atoms with Crippen LogP contribution in [0.3, 0.4) is 0 Å². The van der Waals surface area contributed by atoms with Crippen LogP contribution in [0.2, 0.25) is 0 Å². The zero-order valence-electron chi connectivity index (χ0n) is 8.74. The third kappa shape index (κ3) is 1.62. The number of benzene rings is 1. The first-order chi connectivity index (χ1) is 6.85. The van der Waals surface area contributed by atoms with Gasteiger partial charge in [-0.2, -0.15) is 0 Å². The Hall–Kier alpha value is -1.02. The topological polar surface area (TPSA) is 29.3 Å². The van der Waals surface area contributed by atoms with Crippen molar-refractivity contribution in [2.75, 3.05) is 24.5 Å². The van der Waals surface area contributed by atoms with E-state index in [0.717, 1.165) is 26.1 Å². The monoisotopic (exact) mass is 190 g/mol. The zero-order valence-corrected chi connectivity index (χ0v) is 8.74. The van der Waals surface area contributed by atoms with Gasteiger partial charge in [0.05, 0.1) is 0 Å². The van der Waals surface area contributed by atoms with Crippen LogP contribution in [0.25, 0.3) is 0 Å². The predicted octanol–water partition coefficient (Wildman–Crippen LogP) is 1.64. The van der Waals surface area contributed by atoms with Gasteiger partial charge in [-0.3, -0.25) is 0 Å². The van der Waals surface area contributed by atoms with E-state index in [1.807, 2.05) is 0 Å². The largest absolute Gasteiger partial charge is 0.371 e. The molecule has 1 heterocycles. The van der Waals surface area contributed by atoms with Crippen molar-refractivity contribution in [3.05, 3.63) is 29.8 Å². The van der Waals surface area contributed by atoms with Crippen LogP contribution in [0.4, 0.5) is 5.69 Å². The average molecular weight is 190 g/mol. The molecule has 14 heavy (non-hydrogen) atoms. The summed E-state index contributed by atoms with van der Waals surface area (Å²) >= 11 is 0. The SMILES string of the molecule is CCN1C[C@H](CN)Cc2ccccc21. The van der Waals surface area contributed by atoms with E-state index in [2.05, 4.69) is 36.1 Å². The molecule has 2 N–H and O–H groups in total. The minimum Gasteiger partial charge on any atom is -0.371 e. The number of hydrogen-bond donors (Lipinski definition) is 1. The molecular weight excluding hydrogens is 172 g/mol. The molecule has 1 aromatic carbocycles. The highest BCUT2D eigenvalue weighted by atomic mass is 15.1. The van der Waals surface area contributed by atoms with Gasteiger partial charge >= 0.3 is 0 Å². The van der Waals surface area contributed by atoms with Gasteiger partial charge in [0, 0.05) is 18.8 Å². The summed E-state index contributed by atoms with van der Waals surface area (Å²) in [4.78, 5) is 2.43. The molecule has 0 radical (unpaired) electrons. The van der Waals surface area contributed by atoms with Crippen LogP contribution in [-0.4, -0.2) is 19.6 Å². The summed E-state index contributed by atoms with van der Waals surface area (Å²) in [7, 11) is 0. The molecule has 1 atom stereocenters. The van der Waals surface area contributed by atoms with Crippen molar-refractivity contribution in [3.8, 4) is 0 Å². The number of anilines is 1. The number of nitrogens with two attached hydrogens (primary N) is 1. The molecule has 0 aliphatic carbocycles. The lowest BCUT2D eigenvalue weighted by molar-refractivity contribution is 0.503. The van der Waals surface area contributed by atoms with Crippen LogP contribution >= 0.6 is 0 Å². The Morgan fingerprint density at radius 2 is 2.21 bits per heavy atom. The molecule has 0 amide bonds. The molecule has 76 valence electrons. The Morgan fingerprint density at radius 1 is 1.43 bits per heavy atom. The van der Waals surface area contributed by atoms with Crippen molar-refractivity contribution < 1.29 is 0 Å². The lowest BCUT2D eigenvalue weighted by Gasteiger charge is -2.35. The van der Waals surface area contributed by atoms with Crippen LogP contribution in [0.15, 0.2) is 24.3 Å². The highest BCUT2D eigenvalue weighted by Crippen LogP contribution is 2.28. The van der Waals surface area contributed by atoms with Crippen LogP contribution < -0.4 is 10.6 Å². The van der Waals surface area contributed by atoms with Crippen molar-refractivity contribution in [2.24, 2.45) is 11.7 Å². The molecular formula is C12H18N2. The van der Waals surface area contributed by atoms with Crippen molar-refractivity contribution in [1.29, 1.82) is 0 Å². The first-order valence-electron chi connectivity index (χ1n) is 5.38. The lowest BCUT2D eigenvalue weighted by atomic mass is 9.92. The summed E-state index contributed by atoms with van der Waals surface area (Å²) in [6.45, 7) is 5.19. The molecule has 2 rings (SSSR count). The second-order valence-electron chi connectivity index (χ2n) is 3.97. The van der Waals surface area contributed by atoms with E-state index in [1.165, 1.54) is 11.3 Å². The van der Waals surface area contributed by atoms with Gasteiger partial charge in [0.1, 0.15) is 0 Å². The third-order valence-electron chi connectivity index (χ3n) is 3.03. The molecule has 2 heteroatoms. The Labute approximate surface area is 85.7 Å². The van der Waals surface area contributed by atoms with E-state index in [9.17, 15) is 0 Å². The van der Waals surface area contributed by atoms with E-state index in [0.29, 0.717) is 5.92 Å². The Kier molecular flexibility index (Phi) is 2.73. The molecule has 0 saturated heterocycles. The van der Waals surface area contributed by atoms with Crippen LogP contribution in [-0.2, 0) is 6.42 Å². The maximum atomic E-state index is 5.75. The predicted molar refractivity (Wildman–Crippen MR) is 60.6 cm³/mol. The number of para-hydroxylation sites is 1. The minimum atomic E-state index is 0.629. The van der Waals surface area contributed by atoms with Crippen molar-refractivity contribution in [3.63, 3.8) is 0 Å². The highest BCUT2D eigenvalue weighted by molar-refractivity contribution is 5.55. The first-order valence-corrected chi connectivity index (χ1v) is 5.38. The summed E-state index contributed by atoms with van der Waals surface area (Å²) in [5.74, 6) is 0.629. The van der Waals surface area contributed by atoms with Crippen molar-refractivity contribution in [1.82, 2.24) is 0 Å². The molecule has 0 unspecified atom stereocenters. The molecule has 0 saturated carbocycles. The van der Waals surface area contributed by atoms with Gasteiger partial charge in [-0.25, -0.2) is 0 Å². The average Bonchev–Trinajstić information content (AvgIpc) is 2.27. The summed E-state index contributed by atoms with van der Waals surface area (Å²) in [6, 6.07) is 8.67. The number of fused-ring (bicyclic) bond motifs is 1. The second-order valence-corrected chi connectivity index (χ2v) is 3.97.